The van der Waals surface area contributed by atoms with Crippen LogP contribution >= 0.6 is 11.6 Å². The van der Waals surface area contributed by atoms with Gasteiger partial charge in [-0.1, -0.05) is 11.6 Å². The van der Waals surface area contributed by atoms with Gasteiger partial charge in [0.05, 0.1) is 6.61 Å². The maximum Gasteiger partial charge on any atom is 0.251 e. The van der Waals surface area contributed by atoms with Crippen molar-refractivity contribution in [1.29, 1.82) is 0 Å². The molecule has 0 spiro atoms. The van der Waals surface area contributed by atoms with Gasteiger partial charge in [0, 0.05) is 24.1 Å². The fraction of sp³-hybridized carbons (Fsp3) is 0.500. The molecule has 0 bridgehead atoms. The zero-order valence-electron chi connectivity index (χ0n) is 10.6. The van der Waals surface area contributed by atoms with Crippen LogP contribution in [-0.2, 0) is 4.74 Å². The monoisotopic (exact) mass is 284 g/mol. The second kappa shape index (κ2) is 6.18. The number of nitrogens with one attached hydrogen (secondary N) is 2. The molecule has 19 heavy (non-hydrogen) atoms. The highest BCUT2D eigenvalue weighted by atomic mass is 35.5. The third kappa shape index (κ3) is 3.56. The van der Waals surface area contributed by atoms with Gasteiger partial charge >= 0.3 is 0 Å². The van der Waals surface area contributed by atoms with E-state index in [1.165, 1.54) is 6.07 Å². The van der Waals surface area contributed by atoms with Gasteiger partial charge in [0.2, 0.25) is 0 Å². The molecule has 1 aromatic heterocycles. The van der Waals surface area contributed by atoms with Crippen LogP contribution in [-0.4, -0.2) is 30.1 Å². The molecular formula is C12H17ClN4O2. The second-order valence-corrected chi connectivity index (χ2v) is 4.98. The summed E-state index contributed by atoms with van der Waals surface area (Å²) in [6.45, 7) is 3.42. The van der Waals surface area contributed by atoms with E-state index in [0.29, 0.717) is 23.9 Å². The van der Waals surface area contributed by atoms with Crippen LogP contribution in [0.1, 0.15) is 23.7 Å². The average molecular weight is 285 g/mol. The van der Waals surface area contributed by atoms with E-state index in [0.717, 1.165) is 13.0 Å². The summed E-state index contributed by atoms with van der Waals surface area (Å²) in [5.41, 5.74) is 2.81. The number of anilines is 1. The van der Waals surface area contributed by atoms with E-state index in [4.69, 9.17) is 22.2 Å². The van der Waals surface area contributed by atoms with Crippen molar-refractivity contribution >= 4 is 23.3 Å². The maximum atomic E-state index is 12.1. The van der Waals surface area contributed by atoms with Crippen molar-refractivity contribution < 1.29 is 9.53 Å². The highest BCUT2D eigenvalue weighted by molar-refractivity contribution is 6.29. The number of halogens is 1. The van der Waals surface area contributed by atoms with Crippen LogP contribution < -0.4 is 16.6 Å². The Bertz CT molecular complexity index is 463. The quantitative estimate of drug-likeness (QED) is 0.439. The van der Waals surface area contributed by atoms with Crippen molar-refractivity contribution in [2.45, 2.75) is 19.4 Å². The van der Waals surface area contributed by atoms with E-state index in [-0.39, 0.29) is 17.1 Å². The van der Waals surface area contributed by atoms with Crippen LogP contribution in [0.5, 0.6) is 0 Å². The predicted octanol–water partition coefficient (Wildman–Crippen LogP) is 1.18. The molecule has 6 nitrogen and oxygen atoms in total. The Hall–Kier alpha value is -1.37. The molecule has 0 saturated carbocycles. The molecule has 0 aromatic carbocycles. The number of aromatic nitrogens is 1. The Morgan fingerprint density at radius 1 is 1.63 bits per heavy atom. The van der Waals surface area contributed by atoms with Gasteiger partial charge in [0.25, 0.3) is 5.91 Å². The summed E-state index contributed by atoms with van der Waals surface area (Å²) in [5, 5.41) is 3.16. The molecule has 0 radical (unpaired) electrons. The van der Waals surface area contributed by atoms with E-state index < -0.39 is 0 Å². The van der Waals surface area contributed by atoms with E-state index in [1.807, 2.05) is 6.92 Å². The number of hydrogen-bond donors (Lipinski definition) is 3. The molecule has 2 atom stereocenters. The third-order valence-electron chi connectivity index (χ3n) is 3.23. The Balaban J connectivity index is 2.04. The molecular weight excluding hydrogens is 268 g/mol. The Labute approximate surface area is 116 Å². The van der Waals surface area contributed by atoms with E-state index in [1.54, 1.807) is 6.07 Å². The minimum absolute atomic E-state index is 0.0521. The third-order valence-corrected chi connectivity index (χ3v) is 3.43. The first-order valence-corrected chi connectivity index (χ1v) is 6.50. The lowest BCUT2D eigenvalue weighted by atomic mass is 10.0. The molecule has 104 valence electrons. The minimum Gasteiger partial charge on any atom is -0.381 e. The molecule has 1 aromatic rings. The summed E-state index contributed by atoms with van der Waals surface area (Å²) < 4.78 is 5.31. The standard InChI is InChI=1S/C12H17ClN4O2/c1-7(8-2-3-19-6-8)15-12(18)9-4-10(13)16-11(5-9)17-14/h4-5,7-8H,2-3,6,14H2,1H3,(H,15,18)(H,16,17). The summed E-state index contributed by atoms with van der Waals surface area (Å²) in [6, 6.07) is 3.12. The van der Waals surface area contributed by atoms with E-state index in [9.17, 15) is 4.79 Å². The van der Waals surface area contributed by atoms with Crippen molar-refractivity contribution in [3.8, 4) is 0 Å². The second-order valence-electron chi connectivity index (χ2n) is 4.59. The van der Waals surface area contributed by atoms with E-state index in [2.05, 4.69) is 15.7 Å². The molecule has 2 heterocycles. The van der Waals surface area contributed by atoms with E-state index >= 15 is 0 Å². The number of pyridine rings is 1. The number of amides is 1. The molecule has 4 N–H and O–H groups in total. The zero-order chi connectivity index (χ0) is 13.8. The highest BCUT2D eigenvalue weighted by Crippen LogP contribution is 2.18. The Morgan fingerprint density at radius 2 is 2.42 bits per heavy atom. The summed E-state index contributed by atoms with van der Waals surface area (Å²) >= 11 is 5.83. The van der Waals surface area contributed by atoms with Crippen molar-refractivity contribution in [3.05, 3.63) is 22.8 Å². The maximum absolute atomic E-state index is 12.1. The number of hydrogen-bond acceptors (Lipinski definition) is 5. The van der Waals surface area contributed by atoms with Crippen molar-refractivity contribution in [2.24, 2.45) is 11.8 Å². The molecule has 1 aliphatic heterocycles. The van der Waals surface area contributed by atoms with Gasteiger partial charge in [-0.25, -0.2) is 10.8 Å². The number of ether oxygens (including phenoxy) is 1. The van der Waals surface area contributed by atoms with Gasteiger partial charge in [-0.2, -0.15) is 0 Å². The SMILES string of the molecule is CC(NC(=O)c1cc(Cl)nc(NN)c1)C1CCOC1. The summed E-state index contributed by atoms with van der Waals surface area (Å²) in [7, 11) is 0. The highest BCUT2D eigenvalue weighted by Gasteiger charge is 2.24. The van der Waals surface area contributed by atoms with Crippen LogP contribution in [0.2, 0.25) is 5.15 Å². The number of carbonyl (C=O) groups is 1. The molecule has 1 aliphatic rings. The lowest BCUT2D eigenvalue weighted by Gasteiger charge is -2.19. The van der Waals surface area contributed by atoms with Crippen molar-refractivity contribution in [3.63, 3.8) is 0 Å². The van der Waals surface area contributed by atoms with Gasteiger partial charge in [-0.05, 0) is 25.5 Å². The fourth-order valence-corrected chi connectivity index (χ4v) is 2.27. The molecule has 1 amide bonds. The molecule has 0 aliphatic carbocycles. The first-order valence-electron chi connectivity index (χ1n) is 6.13. The number of nitrogen functional groups attached to an aromatic ring is 1. The number of rotatable bonds is 4. The fourth-order valence-electron chi connectivity index (χ4n) is 2.06. The average Bonchev–Trinajstić information content (AvgIpc) is 2.91. The van der Waals surface area contributed by atoms with Gasteiger partial charge in [-0.15, -0.1) is 0 Å². The molecule has 7 heteroatoms. The van der Waals surface area contributed by atoms with Gasteiger partial charge in [0.1, 0.15) is 11.0 Å². The van der Waals surface area contributed by atoms with Crippen LogP contribution in [0.15, 0.2) is 12.1 Å². The summed E-state index contributed by atoms with van der Waals surface area (Å²) in [5.74, 6) is 5.79. The Kier molecular flexibility index (Phi) is 4.57. The van der Waals surface area contributed by atoms with Crippen LogP contribution in [0.4, 0.5) is 5.82 Å². The number of carbonyl (C=O) groups excluding carboxylic acids is 1. The smallest absolute Gasteiger partial charge is 0.251 e. The van der Waals surface area contributed by atoms with Gasteiger partial charge in [0.15, 0.2) is 0 Å². The Morgan fingerprint density at radius 3 is 3.05 bits per heavy atom. The minimum atomic E-state index is -0.194. The zero-order valence-corrected chi connectivity index (χ0v) is 11.4. The summed E-state index contributed by atoms with van der Waals surface area (Å²) in [6.07, 6.45) is 0.966. The van der Waals surface area contributed by atoms with Gasteiger partial charge in [-0.3, -0.25) is 4.79 Å². The lowest BCUT2D eigenvalue weighted by molar-refractivity contribution is 0.0922. The molecule has 2 rings (SSSR count). The number of nitrogens with zero attached hydrogens (tertiary/aromatic N) is 1. The number of nitrogens with two attached hydrogens (primary N) is 1. The number of hydrazine groups is 1. The first kappa shape index (κ1) is 14.0. The largest absolute Gasteiger partial charge is 0.381 e. The normalized spacial score (nSPS) is 20.1. The lowest BCUT2D eigenvalue weighted by Crippen LogP contribution is -2.38. The molecule has 1 saturated heterocycles. The summed E-state index contributed by atoms with van der Waals surface area (Å²) in [4.78, 5) is 16.0. The van der Waals surface area contributed by atoms with Crippen LogP contribution in [0.3, 0.4) is 0 Å². The molecule has 2 unspecified atom stereocenters. The van der Waals surface area contributed by atoms with Crippen molar-refractivity contribution in [1.82, 2.24) is 10.3 Å². The van der Waals surface area contributed by atoms with Gasteiger partial charge < -0.3 is 15.5 Å². The van der Waals surface area contributed by atoms with Crippen LogP contribution in [0, 0.1) is 5.92 Å². The topological polar surface area (TPSA) is 89.3 Å². The first-order chi connectivity index (χ1) is 9.10. The predicted molar refractivity (Wildman–Crippen MR) is 72.9 cm³/mol. The van der Waals surface area contributed by atoms with Crippen molar-refractivity contribution in [2.75, 3.05) is 18.6 Å². The van der Waals surface area contributed by atoms with Crippen LogP contribution in [0.25, 0.3) is 0 Å². The molecule has 1 fully saturated rings.